The molecule has 1 unspecified atom stereocenters. The Morgan fingerprint density at radius 3 is 2.78 bits per heavy atom. The van der Waals surface area contributed by atoms with Gasteiger partial charge in [0, 0.05) is 30.3 Å². The second-order valence-corrected chi connectivity index (χ2v) is 6.72. The molecule has 1 aromatic heterocycles. The lowest BCUT2D eigenvalue weighted by Crippen LogP contribution is -2.37. The van der Waals surface area contributed by atoms with Crippen LogP contribution in [0.3, 0.4) is 0 Å². The third-order valence-electron chi connectivity index (χ3n) is 4.80. The summed E-state index contributed by atoms with van der Waals surface area (Å²) in [6.07, 6.45) is 5.13. The molecule has 0 bridgehead atoms. The summed E-state index contributed by atoms with van der Waals surface area (Å²) in [5.41, 5.74) is 0.877. The molecule has 1 atom stereocenters. The molecule has 0 N–H and O–H groups in total. The van der Waals surface area contributed by atoms with Gasteiger partial charge in [-0.1, -0.05) is 28.9 Å². The Morgan fingerprint density at radius 2 is 2.04 bits per heavy atom. The van der Waals surface area contributed by atoms with Gasteiger partial charge in [0.25, 0.3) is 0 Å². The molecule has 23 heavy (non-hydrogen) atoms. The van der Waals surface area contributed by atoms with Gasteiger partial charge in [0.1, 0.15) is 0 Å². The Labute approximate surface area is 140 Å². The highest BCUT2D eigenvalue weighted by atomic mass is 35.5. The van der Waals surface area contributed by atoms with Crippen LogP contribution in [0, 0.1) is 5.92 Å². The highest BCUT2D eigenvalue weighted by Gasteiger charge is 2.30. The lowest BCUT2D eigenvalue weighted by molar-refractivity contribution is 0.0527. The van der Waals surface area contributed by atoms with Crippen molar-refractivity contribution in [2.75, 3.05) is 24.6 Å². The fraction of sp³-hybridized carbons (Fsp3) is 0.529. The average Bonchev–Trinajstić information content (AvgIpc) is 3.27. The predicted molar refractivity (Wildman–Crippen MR) is 88.7 cm³/mol. The standard InChI is InChI=1S/C17H20ClN3O2/c18-14-4-1-3-13(11-14)16-19-17(23-20-16)21-8-6-12(7-9-21)15-5-2-10-22-15/h1,3-4,11-12,15H,2,5-10H2. The number of hydrogen-bond donors (Lipinski definition) is 0. The lowest BCUT2D eigenvalue weighted by atomic mass is 9.90. The van der Waals surface area contributed by atoms with Crippen LogP contribution < -0.4 is 4.90 Å². The van der Waals surface area contributed by atoms with Crippen molar-refractivity contribution in [3.63, 3.8) is 0 Å². The summed E-state index contributed by atoms with van der Waals surface area (Å²) in [5, 5.41) is 4.76. The van der Waals surface area contributed by atoms with Gasteiger partial charge in [-0.25, -0.2) is 0 Å². The number of nitrogens with zero attached hydrogens (tertiary/aromatic N) is 3. The normalized spacial score (nSPS) is 22.7. The van der Waals surface area contributed by atoms with Gasteiger partial charge < -0.3 is 14.2 Å². The molecule has 2 aliphatic rings. The molecule has 2 aromatic rings. The van der Waals surface area contributed by atoms with Gasteiger partial charge in [0.15, 0.2) is 0 Å². The fourth-order valence-electron chi connectivity index (χ4n) is 3.53. The summed E-state index contributed by atoms with van der Waals surface area (Å²) >= 11 is 6.02. The van der Waals surface area contributed by atoms with Crippen LogP contribution in [0.2, 0.25) is 5.02 Å². The number of halogens is 1. The van der Waals surface area contributed by atoms with E-state index in [-0.39, 0.29) is 0 Å². The van der Waals surface area contributed by atoms with E-state index in [1.807, 2.05) is 24.3 Å². The SMILES string of the molecule is Clc1cccc(-c2noc(N3CCC(C4CCCO4)CC3)n2)c1. The Bertz CT molecular complexity index is 661. The predicted octanol–water partition coefficient (Wildman–Crippen LogP) is 3.79. The van der Waals surface area contributed by atoms with Crippen LogP contribution in [0.25, 0.3) is 11.4 Å². The molecule has 122 valence electrons. The minimum atomic E-state index is 0.460. The van der Waals surface area contributed by atoms with E-state index < -0.39 is 0 Å². The Hall–Kier alpha value is -1.59. The van der Waals surface area contributed by atoms with E-state index in [1.54, 1.807) is 0 Å². The Balaban J connectivity index is 1.42. The number of ether oxygens (including phenoxy) is 1. The summed E-state index contributed by atoms with van der Waals surface area (Å²) in [4.78, 5) is 6.70. The Morgan fingerprint density at radius 1 is 1.17 bits per heavy atom. The monoisotopic (exact) mass is 333 g/mol. The summed E-state index contributed by atoms with van der Waals surface area (Å²) in [7, 11) is 0. The summed E-state index contributed by atoms with van der Waals surface area (Å²) in [6, 6.07) is 8.11. The van der Waals surface area contributed by atoms with Gasteiger partial charge in [0.2, 0.25) is 5.82 Å². The van der Waals surface area contributed by atoms with Gasteiger partial charge in [-0.15, -0.1) is 0 Å². The van der Waals surface area contributed by atoms with E-state index >= 15 is 0 Å². The molecule has 0 aliphatic carbocycles. The number of aromatic nitrogens is 2. The van der Waals surface area contributed by atoms with E-state index in [4.69, 9.17) is 20.9 Å². The van der Waals surface area contributed by atoms with Gasteiger partial charge in [-0.05, 0) is 43.7 Å². The first kappa shape index (κ1) is 15.0. The highest BCUT2D eigenvalue weighted by molar-refractivity contribution is 6.30. The van der Waals surface area contributed by atoms with Crippen molar-refractivity contribution in [2.45, 2.75) is 31.8 Å². The van der Waals surface area contributed by atoms with Crippen LogP contribution in [0.4, 0.5) is 6.01 Å². The minimum absolute atomic E-state index is 0.460. The van der Waals surface area contributed by atoms with Crippen molar-refractivity contribution >= 4 is 17.6 Å². The minimum Gasteiger partial charge on any atom is -0.378 e. The van der Waals surface area contributed by atoms with E-state index in [0.717, 1.165) is 38.1 Å². The molecule has 2 saturated heterocycles. The van der Waals surface area contributed by atoms with Crippen molar-refractivity contribution in [1.82, 2.24) is 10.1 Å². The summed E-state index contributed by atoms with van der Waals surface area (Å²) in [5.74, 6) is 1.26. The van der Waals surface area contributed by atoms with Crippen molar-refractivity contribution in [2.24, 2.45) is 5.92 Å². The average molecular weight is 334 g/mol. The van der Waals surface area contributed by atoms with Crippen LogP contribution in [0.1, 0.15) is 25.7 Å². The van der Waals surface area contributed by atoms with Crippen LogP contribution >= 0.6 is 11.6 Å². The first-order valence-electron chi connectivity index (χ1n) is 8.26. The quantitative estimate of drug-likeness (QED) is 0.855. The van der Waals surface area contributed by atoms with Crippen molar-refractivity contribution < 1.29 is 9.26 Å². The zero-order valence-corrected chi connectivity index (χ0v) is 13.7. The molecule has 3 heterocycles. The molecule has 0 saturated carbocycles. The molecule has 0 amide bonds. The maximum Gasteiger partial charge on any atom is 0.324 e. The number of anilines is 1. The van der Waals surface area contributed by atoms with Gasteiger partial charge in [0.05, 0.1) is 6.10 Å². The largest absolute Gasteiger partial charge is 0.378 e. The second-order valence-electron chi connectivity index (χ2n) is 6.29. The van der Waals surface area contributed by atoms with Crippen LogP contribution in [-0.4, -0.2) is 35.9 Å². The van der Waals surface area contributed by atoms with E-state index in [9.17, 15) is 0 Å². The van der Waals surface area contributed by atoms with E-state index in [2.05, 4.69) is 15.0 Å². The van der Waals surface area contributed by atoms with Crippen LogP contribution in [0.5, 0.6) is 0 Å². The maximum absolute atomic E-state index is 6.02. The first-order chi connectivity index (χ1) is 11.3. The van der Waals surface area contributed by atoms with Gasteiger partial charge in [-0.2, -0.15) is 4.98 Å². The molecule has 0 spiro atoms. The van der Waals surface area contributed by atoms with Crippen molar-refractivity contribution in [1.29, 1.82) is 0 Å². The number of rotatable bonds is 3. The lowest BCUT2D eigenvalue weighted by Gasteiger charge is -2.33. The highest BCUT2D eigenvalue weighted by Crippen LogP contribution is 2.31. The zero-order valence-electron chi connectivity index (χ0n) is 12.9. The second kappa shape index (κ2) is 6.49. The van der Waals surface area contributed by atoms with E-state index in [0.29, 0.717) is 28.9 Å². The number of hydrogen-bond acceptors (Lipinski definition) is 5. The van der Waals surface area contributed by atoms with E-state index in [1.165, 1.54) is 12.8 Å². The molecule has 1 aromatic carbocycles. The van der Waals surface area contributed by atoms with Crippen molar-refractivity contribution in [3.8, 4) is 11.4 Å². The number of benzene rings is 1. The summed E-state index contributed by atoms with van der Waals surface area (Å²) < 4.78 is 11.3. The molecule has 4 rings (SSSR count). The first-order valence-corrected chi connectivity index (χ1v) is 8.63. The molecular formula is C17H20ClN3O2. The fourth-order valence-corrected chi connectivity index (χ4v) is 3.72. The number of piperidine rings is 1. The molecule has 2 aliphatic heterocycles. The van der Waals surface area contributed by atoms with Gasteiger partial charge >= 0.3 is 6.01 Å². The third-order valence-corrected chi connectivity index (χ3v) is 5.03. The molecule has 6 heteroatoms. The maximum atomic E-state index is 6.02. The van der Waals surface area contributed by atoms with Crippen molar-refractivity contribution in [3.05, 3.63) is 29.3 Å². The van der Waals surface area contributed by atoms with Crippen LogP contribution in [-0.2, 0) is 4.74 Å². The Kier molecular flexibility index (Phi) is 4.23. The molecular weight excluding hydrogens is 314 g/mol. The summed E-state index contributed by atoms with van der Waals surface area (Å²) in [6.45, 7) is 2.82. The topological polar surface area (TPSA) is 51.4 Å². The van der Waals surface area contributed by atoms with Gasteiger partial charge in [-0.3, -0.25) is 0 Å². The molecule has 2 fully saturated rings. The zero-order chi connectivity index (χ0) is 15.6. The molecule has 5 nitrogen and oxygen atoms in total. The smallest absolute Gasteiger partial charge is 0.324 e. The molecule has 0 radical (unpaired) electrons. The third kappa shape index (κ3) is 3.21. The van der Waals surface area contributed by atoms with Crippen LogP contribution in [0.15, 0.2) is 28.8 Å².